The summed E-state index contributed by atoms with van der Waals surface area (Å²) in [4.78, 5) is 0. The Hall–Kier alpha value is -0.820. The molecular weight excluding hydrogens is 134 g/mol. The molecule has 11 heavy (non-hydrogen) atoms. The van der Waals surface area contributed by atoms with Crippen LogP contribution in [-0.4, -0.2) is 6.04 Å². The summed E-state index contributed by atoms with van der Waals surface area (Å²) >= 11 is 0. The molecule has 0 saturated carbocycles. The smallest absolute Gasteiger partial charge is 0.00825 e. The average molecular weight is 163 g/mol. The summed E-state index contributed by atoms with van der Waals surface area (Å²) in [6, 6.07) is 8.99. The number of nitrogens with two attached hydrogens (primary N) is 1. The van der Waals surface area contributed by atoms with E-state index in [2.05, 4.69) is 24.3 Å². The Kier molecular flexibility index (Phi) is 0.902. The van der Waals surface area contributed by atoms with Crippen molar-refractivity contribution in [3.05, 3.63) is 35.4 Å². The van der Waals surface area contributed by atoms with Gasteiger partial charge in [-0.25, -0.2) is 0 Å². The molecule has 2 N–H and O–H groups in total. The highest BCUT2D eigenvalue weighted by atomic mass is 14.6. The highest BCUT2D eigenvalue weighted by Crippen LogP contribution is 2.19. The van der Waals surface area contributed by atoms with Crippen LogP contribution in [0.4, 0.5) is 0 Å². The van der Waals surface area contributed by atoms with Crippen molar-refractivity contribution in [2.75, 3.05) is 0 Å². The monoisotopic (exact) mass is 163 g/mol. The zero-order chi connectivity index (χ0) is 15.7. The Morgan fingerprint density at radius 3 is 2.91 bits per heavy atom. The van der Waals surface area contributed by atoms with Crippen molar-refractivity contribution >= 4 is 0 Å². The lowest BCUT2D eigenvalue weighted by molar-refractivity contribution is 0.576. The van der Waals surface area contributed by atoms with Gasteiger partial charge < -0.3 is 5.73 Å². The summed E-state index contributed by atoms with van der Waals surface area (Å²) in [6.45, 7) is 0. The summed E-state index contributed by atoms with van der Waals surface area (Å²) in [5.41, 5.74) is 8.79. The molecular formula is C10H21N. The first-order valence-electron chi connectivity index (χ1n) is 8.18. The van der Waals surface area contributed by atoms with Crippen LogP contribution < -0.4 is 5.73 Å². The van der Waals surface area contributed by atoms with Crippen LogP contribution in [0.1, 0.15) is 29.4 Å². The molecule has 0 aromatic heterocycles. The molecule has 0 amide bonds. The van der Waals surface area contributed by atoms with E-state index in [0.717, 1.165) is 19.3 Å². The molecule has 0 fully saturated rings. The predicted octanol–water partition coefficient (Wildman–Crippen LogP) is 2.49. The second-order valence-electron chi connectivity index (χ2n) is 3.27. The van der Waals surface area contributed by atoms with Crippen molar-refractivity contribution in [2.45, 2.75) is 25.3 Å². The van der Waals surface area contributed by atoms with Gasteiger partial charge in [-0.1, -0.05) is 24.3 Å². The fraction of sp³-hybridized carbons (Fsp3) is 0.400. The van der Waals surface area contributed by atoms with Gasteiger partial charge in [0.05, 0.1) is 0 Å². The highest BCUT2D eigenvalue weighted by Gasteiger charge is 2.13. The molecule has 1 aromatic carbocycles. The lowest BCUT2D eigenvalue weighted by atomic mass is 9.89. The standard InChI is InChI=1S/C10H13N.4H2/c11-10-6-5-8-3-1-2-4-9(8)7-10;;;;/h1-4,10H,5-7,11H2;4*1H/i;4*1+1D. The van der Waals surface area contributed by atoms with E-state index in [1.165, 1.54) is 11.1 Å². The molecule has 1 atom stereocenters. The van der Waals surface area contributed by atoms with E-state index in [1.54, 1.807) is 0 Å². The van der Waals surface area contributed by atoms with E-state index in [-0.39, 0.29) is 0 Å². The van der Waals surface area contributed by atoms with Crippen LogP contribution >= 0.6 is 0 Å². The van der Waals surface area contributed by atoms with Crippen LogP contribution in [0.15, 0.2) is 24.3 Å². The summed E-state index contributed by atoms with van der Waals surface area (Å²) in [5, 5.41) is 0. The van der Waals surface area contributed by atoms with E-state index in [0.29, 0.717) is 6.04 Å². The Bertz CT molecular complexity index is 273. The quantitative estimate of drug-likeness (QED) is 0.625. The van der Waals surface area contributed by atoms with Crippen molar-refractivity contribution in [3.8, 4) is 0 Å². The number of hydrogen-bond donors (Lipinski definition) is 1. The molecule has 1 unspecified atom stereocenters. The largest absolute Gasteiger partial charge is 0.327 e. The Morgan fingerprint density at radius 2 is 2.09 bits per heavy atom. The molecule has 0 spiro atoms. The maximum atomic E-state index is 5.85. The van der Waals surface area contributed by atoms with Crippen LogP contribution in [-0.2, 0) is 12.8 Å². The number of benzene rings is 1. The molecule has 1 heteroatoms. The third kappa shape index (κ3) is 1.29. The molecule has 1 nitrogen and oxygen atoms in total. The molecule has 0 aliphatic heterocycles. The van der Waals surface area contributed by atoms with E-state index in [4.69, 9.17) is 17.6 Å². The SMILES string of the molecule is NC1CCc2ccccc2C1.[2H][2H].[2H][2H].[2H][2H].[2H][2H]. The van der Waals surface area contributed by atoms with Gasteiger partial charge in [0, 0.05) is 17.9 Å². The van der Waals surface area contributed by atoms with Crippen molar-refractivity contribution < 1.29 is 11.9 Å². The normalized spacial score (nSPS) is 25.7. The topological polar surface area (TPSA) is 26.0 Å². The van der Waals surface area contributed by atoms with Gasteiger partial charge >= 0.3 is 0 Å². The van der Waals surface area contributed by atoms with Gasteiger partial charge in [-0.2, -0.15) is 0 Å². The number of fused-ring (bicyclic) bond motifs is 1. The van der Waals surface area contributed by atoms with Crippen molar-refractivity contribution in [3.63, 3.8) is 0 Å². The predicted molar refractivity (Wildman–Crippen MR) is 54.9 cm³/mol. The Labute approximate surface area is 79.6 Å². The molecule has 0 radical (unpaired) electrons. The lowest BCUT2D eigenvalue weighted by Crippen LogP contribution is -2.27. The molecule has 1 aliphatic carbocycles. The first kappa shape index (κ1) is 3.72. The number of hydrogen-bond acceptors (Lipinski definition) is 1. The molecule has 0 bridgehead atoms. The van der Waals surface area contributed by atoms with Gasteiger partial charge in [0.2, 0.25) is 0 Å². The second kappa shape index (κ2) is 2.67. The fourth-order valence-electron chi connectivity index (χ4n) is 1.73. The molecule has 0 heterocycles. The minimum Gasteiger partial charge on any atom is -0.327 e. The van der Waals surface area contributed by atoms with Crippen molar-refractivity contribution in [1.82, 2.24) is 0 Å². The lowest BCUT2D eigenvalue weighted by Gasteiger charge is -2.20. The van der Waals surface area contributed by atoms with Crippen LogP contribution in [0, 0.1) is 0 Å². The minimum atomic E-state index is 0.393. The van der Waals surface area contributed by atoms with Gasteiger partial charge in [-0.3, -0.25) is 0 Å². The Balaban J connectivity index is -0.000000278. The van der Waals surface area contributed by atoms with Crippen LogP contribution in [0.3, 0.4) is 0 Å². The first-order valence-corrected chi connectivity index (χ1v) is 4.18. The van der Waals surface area contributed by atoms with E-state index < -0.39 is 0 Å². The molecule has 1 aromatic rings. The fourth-order valence-corrected chi connectivity index (χ4v) is 1.73. The van der Waals surface area contributed by atoms with E-state index in [1.807, 2.05) is 0 Å². The van der Waals surface area contributed by atoms with Gasteiger partial charge in [0.25, 0.3) is 0 Å². The second-order valence-corrected chi connectivity index (χ2v) is 3.27. The maximum absolute atomic E-state index is 5.85. The third-order valence-electron chi connectivity index (χ3n) is 2.38. The number of rotatable bonds is 0. The Morgan fingerprint density at radius 1 is 1.36 bits per heavy atom. The minimum absolute atomic E-state index is 0.393. The molecule has 0 saturated heterocycles. The first-order chi connectivity index (χ1) is 9.36. The maximum Gasteiger partial charge on any atom is 0.00825 e. The van der Waals surface area contributed by atoms with Gasteiger partial charge in [0.1, 0.15) is 0 Å². The summed E-state index contributed by atoms with van der Waals surface area (Å²) in [6.07, 6.45) is 3.38. The summed E-state index contributed by atoms with van der Waals surface area (Å²) in [7, 11) is 0. The van der Waals surface area contributed by atoms with Gasteiger partial charge in [-0.05, 0) is 30.4 Å². The number of aryl methyl sites for hydroxylation is 1. The molecule has 66 valence electrons. The van der Waals surface area contributed by atoms with Crippen LogP contribution in [0.2, 0.25) is 0 Å². The average Bonchev–Trinajstić information content (AvgIpc) is 2.55. The van der Waals surface area contributed by atoms with Crippen molar-refractivity contribution in [2.24, 2.45) is 5.73 Å². The van der Waals surface area contributed by atoms with E-state index in [9.17, 15) is 0 Å². The van der Waals surface area contributed by atoms with E-state index >= 15 is 0 Å². The van der Waals surface area contributed by atoms with Crippen molar-refractivity contribution in [1.29, 1.82) is 0 Å². The zero-order valence-corrected chi connectivity index (χ0v) is 6.59. The van der Waals surface area contributed by atoms with Crippen LogP contribution in [0.25, 0.3) is 0 Å². The summed E-state index contributed by atoms with van der Waals surface area (Å²) in [5.74, 6) is 0. The molecule has 2 rings (SSSR count). The van der Waals surface area contributed by atoms with Crippen LogP contribution in [0.5, 0.6) is 0 Å². The zero-order valence-electron chi connectivity index (χ0n) is 14.6. The van der Waals surface area contributed by atoms with Gasteiger partial charge in [-0.15, -0.1) is 0 Å². The third-order valence-corrected chi connectivity index (χ3v) is 2.38. The van der Waals surface area contributed by atoms with Gasteiger partial charge in [0.15, 0.2) is 0 Å². The summed E-state index contributed by atoms with van der Waals surface area (Å²) < 4.78 is 40.0. The highest BCUT2D eigenvalue weighted by molar-refractivity contribution is 5.30. The molecule has 1 aliphatic rings.